The van der Waals surface area contributed by atoms with Gasteiger partial charge in [0.1, 0.15) is 11.5 Å². The van der Waals surface area contributed by atoms with Gasteiger partial charge in [-0.2, -0.15) is 0 Å². The van der Waals surface area contributed by atoms with E-state index in [1.807, 2.05) is 48.5 Å². The average Bonchev–Trinajstić information content (AvgIpc) is 3.26. The van der Waals surface area contributed by atoms with Gasteiger partial charge < -0.3 is 9.84 Å². The molecular weight excluding hydrogens is 510 g/mol. The van der Waals surface area contributed by atoms with E-state index in [2.05, 4.69) is 19.1 Å². The molecule has 41 heavy (non-hydrogen) atoms. The van der Waals surface area contributed by atoms with Crippen LogP contribution in [0.2, 0.25) is 0 Å². The molecule has 0 atom stereocenters. The molecule has 0 saturated heterocycles. The van der Waals surface area contributed by atoms with Gasteiger partial charge >= 0.3 is 0 Å². The van der Waals surface area contributed by atoms with Gasteiger partial charge in [0.05, 0.1) is 23.4 Å². The fraction of sp³-hybridized carbons (Fsp3) is 0.278. The number of para-hydroxylation sites is 1. The molecular formula is C36H33NO4. The highest BCUT2D eigenvalue weighted by Gasteiger charge is 2.44. The van der Waals surface area contributed by atoms with Crippen LogP contribution in [0.5, 0.6) is 11.5 Å². The van der Waals surface area contributed by atoms with E-state index in [1.54, 1.807) is 6.07 Å². The van der Waals surface area contributed by atoms with E-state index in [1.165, 1.54) is 29.7 Å². The molecule has 1 heterocycles. The van der Waals surface area contributed by atoms with Gasteiger partial charge in [0, 0.05) is 0 Å². The average molecular weight is 544 g/mol. The number of aromatic hydroxyl groups is 1. The molecule has 2 aliphatic carbocycles. The zero-order valence-electron chi connectivity index (χ0n) is 23.3. The second kappa shape index (κ2) is 10.2. The number of imide groups is 1. The summed E-state index contributed by atoms with van der Waals surface area (Å²) in [6.45, 7) is 2.92. The maximum absolute atomic E-state index is 14.1. The van der Waals surface area contributed by atoms with Crippen LogP contribution in [0.3, 0.4) is 0 Å². The summed E-state index contributed by atoms with van der Waals surface area (Å²) in [4.78, 5) is 29.5. The number of unbranched alkanes of at least 4 members (excludes halogenated alkanes) is 3. The van der Waals surface area contributed by atoms with Crippen molar-refractivity contribution in [2.24, 2.45) is 0 Å². The Kier molecular flexibility index (Phi) is 6.38. The van der Waals surface area contributed by atoms with Crippen molar-refractivity contribution >= 4 is 17.5 Å². The minimum absolute atomic E-state index is 0.234. The molecule has 0 spiro atoms. The number of anilines is 1. The standard InChI is InChI=1S/C36H33NO4/c1-2-3-4-8-19-41-26-14-18-28-23(21-26)12-16-30-32(28)31-27-17-13-25(38)20-22(27)11-15-29(31)33-34(30)36(40)37(35(33)39)24-9-6-5-7-10-24/h5-7,9-10,13-14,17-18,20-21,38H,2-4,8,11-12,15-16,19H2,1H3. The predicted octanol–water partition coefficient (Wildman–Crippen LogP) is 7.68. The third-order valence-corrected chi connectivity index (χ3v) is 8.81. The first-order valence-electron chi connectivity index (χ1n) is 14.8. The van der Waals surface area contributed by atoms with Crippen molar-refractivity contribution in [2.45, 2.75) is 58.3 Å². The van der Waals surface area contributed by atoms with Crippen molar-refractivity contribution in [3.05, 3.63) is 100 Å². The minimum atomic E-state index is -0.241. The number of benzene rings is 4. The Morgan fingerprint density at radius 2 is 1.34 bits per heavy atom. The van der Waals surface area contributed by atoms with Gasteiger partial charge in [0.2, 0.25) is 0 Å². The summed E-state index contributed by atoms with van der Waals surface area (Å²) in [6.07, 6.45) is 7.43. The SMILES string of the molecule is CCCCCCOc1ccc2c(c1)CCc1c3c(c4c(c1-2)-c1ccc(O)cc1CC4)C(=O)N(c1ccccc1)C3=O. The summed E-state index contributed by atoms with van der Waals surface area (Å²) in [5, 5.41) is 10.3. The molecule has 7 rings (SSSR count). The van der Waals surface area contributed by atoms with Gasteiger partial charge in [-0.05, 0) is 113 Å². The third kappa shape index (κ3) is 4.14. The zero-order chi connectivity index (χ0) is 28.1. The molecule has 0 bridgehead atoms. The lowest BCUT2D eigenvalue weighted by Crippen LogP contribution is -2.29. The van der Waals surface area contributed by atoms with Gasteiger partial charge in [-0.3, -0.25) is 9.59 Å². The van der Waals surface area contributed by atoms with E-state index in [0.717, 1.165) is 57.5 Å². The number of nitrogens with zero attached hydrogens (tertiary/aromatic N) is 1. The summed E-state index contributed by atoms with van der Waals surface area (Å²) in [7, 11) is 0. The molecule has 1 N–H and O–H groups in total. The first-order valence-corrected chi connectivity index (χ1v) is 14.8. The number of ether oxygens (including phenoxy) is 1. The number of aryl methyl sites for hydroxylation is 2. The number of carbonyl (C=O) groups excluding carboxylic acids is 2. The Balaban J connectivity index is 1.40. The molecule has 0 aromatic heterocycles. The molecule has 4 aromatic carbocycles. The van der Waals surface area contributed by atoms with Crippen molar-refractivity contribution in [1.29, 1.82) is 0 Å². The summed E-state index contributed by atoms with van der Waals surface area (Å²) in [6, 6.07) is 21.1. The maximum Gasteiger partial charge on any atom is 0.266 e. The van der Waals surface area contributed by atoms with Crippen LogP contribution < -0.4 is 9.64 Å². The molecule has 2 amide bonds. The summed E-state index contributed by atoms with van der Waals surface area (Å²) in [5.41, 5.74) is 10.1. The largest absolute Gasteiger partial charge is 0.508 e. The van der Waals surface area contributed by atoms with E-state index >= 15 is 0 Å². The number of hydrogen-bond donors (Lipinski definition) is 1. The Hall–Kier alpha value is -4.38. The van der Waals surface area contributed by atoms with E-state index < -0.39 is 0 Å². The van der Waals surface area contributed by atoms with Crippen molar-refractivity contribution < 1.29 is 19.4 Å². The second-order valence-electron chi connectivity index (χ2n) is 11.3. The Bertz CT molecular complexity index is 1710. The summed E-state index contributed by atoms with van der Waals surface area (Å²) in [5.74, 6) is 0.646. The molecule has 0 unspecified atom stereocenters. The van der Waals surface area contributed by atoms with Gasteiger partial charge in [-0.1, -0.05) is 56.5 Å². The quantitative estimate of drug-likeness (QED) is 0.192. The van der Waals surface area contributed by atoms with Crippen LogP contribution in [0.25, 0.3) is 22.3 Å². The predicted molar refractivity (Wildman–Crippen MR) is 161 cm³/mol. The fourth-order valence-corrected chi connectivity index (χ4v) is 6.93. The number of phenols is 1. The normalized spacial score (nSPS) is 14.7. The number of carbonyl (C=O) groups is 2. The second-order valence-corrected chi connectivity index (χ2v) is 11.3. The van der Waals surface area contributed by atoms with Crippen molar-refractivity contribution in [3.8, 4) is 33.8 Å². The Morgan fingerprint density at radius 1 is 0.707 bits per heavy atom. The maximum atomic E-state index is 14.1. The Morgan fingerprint density at radius 3 is 2.00 bits per heavy atom. The monoisotopic (exact) mass is 543 g/mol. The zero-order valence-corrected chi connectivity index (χ0v) is 23.3. The number of amides is 2. The highest BCUT2D eigenvalue weighted by molar-refractivity contribution is 6.36. The van der Waals surface area contributed by atoms with E-state index in [4.69, 9.17) is 4.74 Å². The van der Waals surface area contributed by atoms with Crippen molar-refractivity contribution in [3.63, 3.8) is 0 Å². The van der Waals surface area contributed by atoms with E-state index in [0.29, 0.717) is 42.7 Å². The number of fused-ring (bicyclic) bond motifs is 10. The smallest absolute Gasteiger partial charge is 0.266 e. The third-order valence-electron chi connectivity index (χ3n) is 8.81. The molecule has 1 aliphatic heterocycles. The van der Waals surface area contributed by atoms with E-state index in [-0.39, 0.29) is 17.6 Å². The van der Waals surface area contributed by atoms with Crippen LogP contribution >= 0.6 is 0 Å². The highest BCUT2D eigenvalue weighted by Crippen LogP contribution is 2.51. The summed E-state index contributed by atoms with van der Waals surface area (Å²) >= 11 is 0. The fourth-order valence-electron chi connectivity index (χ4n) is 6.93. The van der Waals surface area contributed by atoms with Gasteiger partial charge in [0.25, 0.3) is 11.8 Å². The molecule has 5 heteroatoms. The van der Waals surface area contributed by atoms with Gasteiger partial charge in [0.15, 0.2) is 0 Å². The minimum Gasteiger partial charge on any atom is -0.508 e. The number of hydrogen-bond acceptors (Lipinski definition) is 4. The highest BCUT2D eigenvalue weighted by atomic mass is 16.5. The van der Waals surface area contributed by atoms with Gasteiger partial charge in [-0.25, -0.2) is 4.90 Å². The van der Waals surface area contributed by atoms with Crippen molar-refractivity contribution in [1.82, 2.24) is 0 Å². The molecule has 5 nitrogen and oxygen atoms in total. The van der Waals surface area contributed by atoms with Crippen LogP contribution in [0, 0.1) is 0 Å². The molecule has 4 aromatic rings. The van der Waals surface area contributed by atoms with Crippen molar-refractivity contribution in [2.75, 3.05) is 11.5 Å². The van der Waals surface area contributed by atoms with Crippen LogP contribution in [0.15, 0.2) is 66.7 Å². The molecule has 0 fully saturated rings. The molecule has 0 radical (unpaired) electrons. The lowest BCUT2D eigenvalue weighted by atomic mass is 9.72. The van der Waals surface area contributed by atoms with Crippen LogP contribution in [-0.4, -0.2) is 23.5 Å². The molecule has 0 saturated carbocycles. The van der Waals surface area contributed by atoms with Crippen LogP contribution in [0.1, 0.15) is 75.6 Å². The topological polar surface area (TPSA) is 66.8 Å². The van der Waals surface area contributed by atoms with Gasteiger partial charge in [-0.15, -0.1) is 0 Å². The number of phenolic OH excluding ortho intramolecular Hbond substituents is 1. The lowest BCUT2D eigenvalue weighted by Gasteiger charge is -2.31. The first-order chi connectivity index (χ1) is 20.1. The first kappa shape index (κ1) is 25.6. The molecule has 206 valence electrons. The van der Waals surface area contributed by atoms with E-state index in [9.17, 15) is 14.7 Å². The molecule has 3 aliphatic rings. The van der Waals surface area contributed by atoms with Crippen LogP contribution in [0.4, 0.5) is 5.69 Å². The van der Waals surface area contributed by atoms with Crippen LogP contribution in [-0.2, 0) is 25.7 Å². The summed E-state index contributed by atoms with van der Waals surface area (Å²) < 4.78 is 6.12. The Labute approximate surface area is 240 Å². The lowest BCUT2D eigenvalue weighted by molar-refractivity contribution is 0.0925. The number of rotatable bonds is 7.